The Labute approximate surface area is 91.1 Å². The Bertz CT molecular complexity index is 431. The van der Waals surface area contributed by atoms with Crippen molar-refractivity contribution in [3.8, 4) is 0 Å². The lowest BCUT2D eigenvalue weighted by Gasteiger charge is -2.04. The molecule has 0 radical (unpaired) electrons. The van der Waals surface area contributed by atoms with Crippen LogP contribution in [0.1, 0.15) is 25.5 Å². The minimum atomic E-state index is 0.521. The molecule has 68 valence electrons. The Hall–Kier alpha value is -0.580. The van der Waals surface area contributed by atoms with Gasteiger partial charge in [0.05, 0.1) is 0 Å². The molecular formula is C10H11IN2. The van der Waals surface area contributed by atoms with Crippen molar-refractivity contribution in [1.82, 2.24) is 9.38 Å². The Kier molecular flexibility index (Phi) is 2.27. The fourth-order valence-electron chi connectivity index (χ4n) is 1.40. The van der Waals surface area contributed by atoms with E-state index in [0.717, 1.165) is 5.65 Å². The van der Waals surface area contributed by atoms with Crippen molar-refractivity contribution in [2.45, 2.75) is 19.8 Å². The van der Waals surface area contributed by atoms with E-state index in [-0.39, 0.29) is 0 Å². The van der Waals surface area contributed by atoms with Crippen LogP contribution in [0.4, 0.5) is 0 Å². The summed E-state index contributed by atoms with van der Waals surface area (Å²) in [6, 6.07) is 4.13. The third kappa shape index (κ3) is 1.57. The van der Waals surface area contributed by atoms with Crippen molar-refractivity contribution < 1.29 is 0 Å². The average molecular weight is 286 g/mol. The second kappa shape index (κ2) is 3.29. The summed E-state index contributed by atoms with van der Waals surface area (Å²) in [5.41, 5.74) is 2.30. The smallest absolute Gasteiger partial charge is 0.136 e. The molecule has 0 aliphatic rings. The number of nitrogens with zero attached hydrogens (tertiary/aromatic N) is 2. The predicted octanol–water partition coefficient (Wildman–Crippen LogP) is 3.06. The highest BCUT2D eigenvalue weighted by Gasteiger charge is 2.06. The van der Waals surface area contributed by atoms with Gasteiger partial charge in [0.1, 0.15) is 5.65 Å². The maximum atomic E-state index is 4.34. The van der Waals surface area contributed by atoms with Crippen molar-refractivity contribution >= 4 is 28.2 Å². The Balaban J connectivity index is 2.71. The van der Waals surface area contributed by atoms with Crippen LogP contribution in [0.5, 0.6) is 0 Å². The summed E-state index contributed by atoms with van der Waals surface area (Å²) in [4.78, 5) is 4.34. The highest BCUT2D eigenvalue weighted by molar-refractivity contribution is 14.1. The second-order valence-corrected chi connectivity index (χ2v) is 4.66. The van der Waals surface area contributed by atoms with E-state index in [2.05, 4.69) is 58.1 Å². The topological polar surface area (TPSA) is 17.3 Å². The molecule has 0 unspecified atom stereocenters. The summed E-state index contributed by atoms with van der Waals surface area (Å²) in [6.45, 7) is 4.37. The lowest BCUT2D eigenvalue weighted by molar-refractivity contribution is 0.808. The first kappa shape index (κ1) is 8.99. The summed E-state index contributed by atoms with van der Waals surface area (Å²) < 4.78 is 3.40. The number of rotatable bonds is 1. The van der Waals surface area contributed by atoms with Crippen LogP contribution in [0.2, 0.25) is 0 Å². The van der Waals surface area contributed by atoms with Crippen molar-refractivity contribution in [3.63, 3.8) is 0 Å². The number of fused-ring (bicyclic) bond motifs is 1. The molecule has 0 aromatic carbocycles. The van der Waals surface area contributed by atoms with Gasteiger partial charge in [0.15, 0.2) is 0 Å². The molecule has 13 heavy (non-hydrogen) atoms. The highest BCUT2D eigenvalue weighted by atomic mass is 127. The SMILES string of the molecule is CC(C)c1cnc2ccc(I)cn12. The molecule has 0 atom stereocenters. The Morgan fingerprint density at radius 2 is 2.15 bits per heavy atom. The summed E-state index contributed by atoms with van der Waals surface area (Å²) in [5, 5.41) is 0. The minimum Gasteiger partial charge on any atom is -0.303 e. The maximum absolute atomic E-state index is 4.34. The molecular weight excluding hydrogens is 275 g/mol. The first-order valence-corrected chi connectivity index (χ1v) is 5.39. The van der Waals surface area contributed by atoms with Crippen molar-refractivity contribution in [2.24, 2.45) is 0 Å². The Morgan fingerprint density at radius 1 is 1.38 bits per heavy atom. The number of halogens is 1. The van der Waals surface area contributed by atoms with Gasteiger partial charge in [-0.05, 0) is 40.6 Å². The monoisotopic (exact) mass is 286 g/mol. The lowest BCUT2D eigenvalue weighted by Crippen LogP contribution is -1.94. The molecule has 3 heteroatoms. The maximum Gasteiger partial charge on any atom is 0.136 e. The van der Waals surface area contributed by atoms with E-state index in [1.165, 1.54) is 9.26 Å². The molecule has 2 aromatic rings. The van der Waals surface area contributed by atoms with Crippen molar-refractivity contribution in [2.75, 3.05) is 0 Å². The van der Waals surface area contributed by atoms with E-state index < -0.39 is 0 Å². The molecule has 0 aliphatic heterocycles. The largest absolute Gasteiger partial charge is 0.303 e. The molecule has 0 saturated heterocycles. The second-order valence-electron chi connectivity index (χ2n) is 3.41. The van der Waals surface area contributed by atoms with Gasteiger partial charge < -0.3 is 4.40 Å². The van der Waals surface area contributed by atoms with E-state index in [4.69, 9.17) is 0 Å². The number of imidazole rings is 1. The number of pyridine rings is 1. The Morgan fingerprint density at radius 3 is 2.85 bits per heavy atom. The van der Waals surface area contributed by atoms with Gasteiger partial charge in [-0.3, -0.25) is 0 Å². The van der Waals surface area contributed by atoms with Crippen LogP contribution in [-0.4, -0.2) is 9.38 Å². The summed E-state index contributed by atoms with van der Waals surface area (Å²) in [7, 11) is 0. The standard InChI is InChI=1S/C10H11IN2/c1-7(2)9-5-12-10-4-3-8(11)6-13(9)10/h3-7H,1-2H3. The third-order valence-corrected chi connectivity index (χ3v) is 2.73. The fourth-order valence-corrected chi connectivity index (χ4v) is 1.86. The van der Waals surface area contributed by atoms with Gasteiger partial charge in [-0.25, -0.2) is 4.98 Å². The van der Waals surface area contributed by atoms with Crippen LogP contribution in [0.15, 0.2) is 24.5 Å². The van der Waals surface area contributed by atoms with Gasteiger partial charge in [-0.15, -0.1) is 0 Å². The molecule has 0 bridgehead atoms. The van der Waals surface area contributed by atoms with Gasteiger partial charge in [-0.2, -0.15) is 0 Å². The quantitative estimate of drug-likeness (QED) is 0.736. The molecule has 0 N–H and O–H groups in total. The van der Waals surface area contributed by atoms with Crippen molar-refractivity contribution in [3.05, 3.63) is 33.8 Å². The summed E-state index contributed by atoms with van der Waals surface area (Å²) in [5.74, 6) is 0.521. The van der Waals surface area contributed by atoms with E-state index in [0.29, 0.717) is 5.92 Å². The van der Waals surface area contributed by atoms with Crippen LogP contribution in [0.25, 0.3) is 5.65 Å². The summed E-state index contributed by atoms with van der Waals surface area (Å²) >= 11 is 2.32. The molecule has 0 saturated carbocycles. The zero-order valence-electron chi connectivity index (χ0n) is 7.66. The molecule has 0 fully saturated rings. The first-order chi connectivity index (χ1) is 6.18. The molecule has 0 aliphatic carbocycles. The van der Waals surface area contributed by atoms with E-state index >= 15 is 0 Å². The number of hydrogen-bond acceptors (Lipinski definition) is 1. The number of aromatic nitrogens is 2. The molecule has 0 amide bonds. The van der Waals surface area contributed by atoms with Crippen LogP contribution in [0, 0.1) is 3.57 Å². The molecule has 2 heterocycles. The fraction of sp³-hybridized carbons (Fsp3) is 0.300. The summed E-state index contributed by atoms with van der Waals surface area (Å²) in [6.07, 6.45) is 4.08. The van der Waals surface area contributed by atoms with E-state index in [9.17, 15) is 0 Å². The third-order valence-electron chi connectivity index (χ3n) is 2.09. The lowest BCUT2D eigenvalue weighted by atomic mass is 10.1. The van der Waals surface area contributed by atoms with Gasteiger partial charge in [-0.1, -0.05) is 13.8 Å². The van der Waals surface area contributed by atoms with Gasteiger partial charge in [0.25, 0.3) is 0 Å². The molecule has 2 aromatic heterocycles. The average Bonchev–Trinajstić information content (AvgIpc) is 2.46. The van der Waals surface area contributed by atoms with Crippen LogP contribution >= 0.6 is 22.6 Å². The van der Waals surface area contributed by atoms with Crippen LogP contribution in [0.3, 0.4) is 0 Å². The number of hydrogen-bond donors (Lipinski definition) is 0. The molecule has 2 nitrogen and oxygen atoms in total. The zero-order chi connectivity index (χ0) is 9.42. The van der Waals surface area contributed by atoms with Gasteiger partial charge >= 0.3 is 0 Å². The predicted molar refractivity (Wildman–Crippen MR) is 62.0 cm³/mol. The van der Waals surface area contributed by atoms with Crippen LogP contribution < -0.4 is 0 Å². The van der Waals surface area contributed by atoms with Gasteiger partial charge in [0, 0.05) is 21.7 Å². The zero-order valence-corrected chi connectivity index (χ0v) is 9.82. The molecule has 2 rings (SSSR count). The van der Waals surface area contributed by atoms with Crippen LogP contribution in [-0.2, 0) is 0 Å². The highest BCUT2D eigenvalue weighted by Crippen LogP contribution is 2.17. The normalized spacial score (nSPS) is 11.4. The van der Waals surface area contributed by atoms with E-state index in [1.54, 1.807) is 0 Å². The van der Waals surface area contributed by atoms with Gasteiger partial charge in [0.2, 0.25) is 0 Å². The first-order valence-electron chi connectivity index (χ1n) is 4.31. The van der Waals surface area contributed by atoms with E-state index in [1.807, 2.05) is 12.3 Å². The van der Waals surface area contributed by atoms with Crippen molar-refractivity contribution in [1.29, 1.82) is 0 Å². The minimum absolute atomic E-state index is 0.521. The molecule has 0 spiro atoms.